The number of carbonyl (C=O) groups excluding carboxylic acids is 1. The van der Waals surface area contributed by atoms with Crippen LogP contribution in [0, 0.1) is 12.8 Å². The summed E-state index contributed by atoms with van der Waals surface area (Å²) in [5, 5.41) is 3.90. The Bertz CT molecular complexity index is 763. The molecule has 1 fully saturated rings. The molecule has 124 valence electrons. The van der Waals surface area contributed by atoms with E-state index in [1.54, 1.807) is 12.1 Å². The van der Waals surface area contributed by atoms with Gasteiger partial charge in [-0.1, -0.05) is 47.5 Å². The van der Waals surface area contributed by atoms with Crippen molar-refractivity contribution in [2.24, 2.45) is 5.92 Å². The summed E-state index contributed by atoms with van der Waals surface area (Å²) in [5.41, 5.74) is 8.59. The quantitative estimate of drug-likeness (QED) is 0.577. The van der Waals surface area contributed by atoms with E-state index < -0.39 is 0 Å². The normalized spacial score (nSPS) is 18.6. The number of benzene rings is 2. The van der Waals surface area contributed by atoms with Crippen LogP contribution >= 0.6 is 23.8 Å². The van der Waals surface area contributed by atoms with Crippen molar-refractivity contribution in [3.8, 4) is 0 Å². The van der Waals surface area contributed by atoms with E-state index >= 15 is 0 Å². The van der Waals surface area contributed by atoms with Gasteiger partial charge in [0, 0.05) is 16.6 Å². The van der Waals surface area contributed by atoms with Gasteiger partial charge in [-0.15, -0.1) is 0 Å². The van der Waals surface area contributed by atoms with Crippen molar-refractivity contribution in [1.29, 1.82) is 0 Å². The number of hydrogen-bond acceptors (Lipinski definition) is 2. The van der Waals surface area contributed by atoms with Gasteiger partial charge in [0.25, 0.3) is 0 Å². The molecule has 0 radical (unpaired) electrons. The van der Waals surface area contributed by atoms with E-state index in [1.165, 1.54) is 11.1 Å². The molecule has 0 heterocycles. The Hall–Kier alpha value is -2.11. The van der Waals surface area contributed by atoms with Gasteiger partial charge in [0.15, 0.2) is 5.11 Å². The Labute approximate surface area is 151 Å². The molecule has 3 rings (SSSR count). The van der Waals surface area contributed by atoms with Gasteiger partial charge >= 0.3 is 0 Å². The molecule has 6 heteroatoms. The number of rotatable bonds is 3. The number of amides is 1. The minimum Gasteiger partial charge on any atom is -0.331 e. The van der Waals surface area contributed by atoms with Crippen LogP contribution in [-0.4, -0.2) is 11.0 Å². The molecule has 3 N–H and O–H groups in total. The first-order valence-electron chi connectivity index (χ1n) is 7.72. The Morgan fingerprint density at radius 2 is 1.92 bits per heavy atom. The van der Waals surface area contributed by atoms with E-state index in [0.29, 0.717) is 16.1 Å². The number of halogens is 1. The zero-order chi connectivity index (χ0) is 17.1. The molecule has 0 bridgehead atoms. The maximum atomic E-state index is 12.2. The van der Waals surface area contributed by atoms with Crippen LogP contribution < -0.4 is 16.2 Å². The summed E-state index contributed by atoms with van der Waals surface area (Å²) in [6, 6.07) is 15.5. The second-order valence-electron chi connectivity index (χ2n) is 5.94. The first-order valence-corrected chi connectivity index (χ1v) is 8.50. The summed E-state index contributed by atoms with van der Waals surface area (Å²) in [5.74, 6) is 0.242. The number of aryl methyl sites for hydroxylation is 1. The average molecular weight is 360 g/mol. The van der Waals surface area contributed by atoms with Gasteiger partial charge in [-0.2, -0.15) is 0 Å². The zero-order valence-electron chi connectivity index (χ0n) is 13.2. The zero-order valence-corrected chi connectivity index (χ0v) is 14.7. The molecule has 4 nitrogen and oxygen atoms in total. The smallest absolute Gasteiger partial charge is 0.242 e. The summed E-state index contributed by atoms with van der Waals surface area (Å²) < 4.78 is 0. The van der Waals surface area contributed by atoms with Crippen LogP contribution in [0.5, 0.6) is 0 Å². The first kappa shape index (κ1) is 16.7. The maximum Gasteiger partial charge on any atom is 0.242 e. The molecular weight excluding hydrogens is 342 g/mol. The van der Waals surface area contributed by atoms with Crippen molar-refractivity contribution < 1.29 is 4.79 Å². The molecule has 2 aromatic rings. The molecular formula is C18H18ClN3OS. The van der Waals surface area contributed by atoms with Crippen LogP contribution in [0.3, 0.4) is 0 Å². The fraction of sp³-hybridized carbons (Fsp3) is 0.222. The van der Waals surface area contributed by atoms with Gasteiger partial charge in [0.1, 0.15) is 0 Å². The minimum atomic E-state index is -0.0455. The number of anilines is 1. The van der Waals surface area contributed by atoms with E-state index in [2.05, 4.69) is 47.4 Å². The highest BCUT2D eigenvalue weighted by Gasteiger charge is 2.43. The predicted molar refractivity (Wildman–Crippen MR) is 101 cm³/mol. The molecule has 0 unspecified atom stereocenters. The van der Waals surface area contributed by atoms with Crippen molar-refractivity contribution in [2.45, 2.75) is 19.3 Å². The predicted octanol–water partition coefficient (Wildman–Crippen LogP) is 3.77. The first-order chi connectivity index (χ1) is 11.5. The SMILES string of the molecule is Cc1ccc([C@@H]2C[C@H]2C(=O)NNC(=S)Nc2cccc(Cl)c2)cc1. The number of hydrazine groups is 1. The number of hydrogen-bond donors (Lipinski definition) is 3. The van der Waals surface area contributed by atoms with Crippen LogP contribution in [-0.2, 0) is 4.79 Å². The van der Waals surface area contributed by atoms with Gasteiger partial charge in [-0.3, -0.25) is 15.6 Å². The molecule has 1 amide bonds. The van der Waals surface area contributed by atoms with Crippen molar-refractivity contribution in [2.75, 3.05) is 5.32 Å². The largest absolute Gasteiger partial charge is 0.331 e. The highest BCUT2D eigenvalue weighted by molar-refractivity contribution is 7.80. The van der Waals surface area contributed by atoms with Gasteiger partial charge in [0.05, 0.1) is 0 Å². The second kappa shape index (κ2) is 7.20. The topological polar surface area (TPSA) is 53.2 Å². The van der Waals surface area contributed by atoms with E-state index in [1.807, 2.05) is 12.1 Å². The molecule has 24 heavy (non-hydrogen) atoms. The van der Waals surface area contributed by atoms with Gasteiger partial charge < -0.3 is 5.32 Å². The fourth-order valence-electron chi connectivity index (χ4n) is 2.61. The van der Waals surface area contributed by atoms with Gasteiger partial charge in [0.2, 0.25) is 5.91 Å². The standard InChI is InChI=1S/C18H18ClN3OS/c1-11-5-7-12(8-6-11)15-10-16(15)17(23)21-22-18(24)20-14-4-2-3-13(19)9-14/h2-9,15-16H,10H2,1H3,(H,21,23)(H2,20,22,24)/t15-,16+/m0/s1. The lowest BCUT2D eigenvalue weighted by Crippen LogP contribution is -2.44. The van der Waals surface area contributed by atoms with Crippen LogP contribution in [0.25, 0.3) is 0 Å². The summed E-state index contributed by atoms with van der Waals surface area (Å²) in [4.78, 5) is 12.2. The van der Waals surface area contributed by atoms with Gasteiger partial charge in [-0.05, 0) is 55.2 Å². The molecule has 0 aliphatic heterocycles. The van der Waals surface area contributed by atoms with E-state index in [-0.39, 0.29) is 11.8 Å². The fourth-order valence-corrected chi connectivity index (χ4v) is 2.97. The van der Waals surface area contributed by atoms with Crippen LogP contribution in [0.4, 0.5) is 5.69 Å². The van der Waals surface area contributed by atoms with E-state index in [9.17, 15) is 4.79 Å². The average Bonchev–Trinajstić information content (AvgIpc) is 3.34. The Morgan fingerprint density at radius 1 is 1.17 bits per heavy atom. The monoisotopic (exact) mass is 359 g/mol. The summed E-state index contributed by atoms with van der Waals surface area (Å²) in [7, 11) is 0. The highest BCUT2D eigenvalue weighted by Crippen LogP contribution is 2.47. The number of thiocarbonyl (C=S) groups is 1. The molecule has 2 aromatic carbocycles. The van der Waals surface area contributed by atoms with Crippen molar-refractivity contribution in [3.05, 3.63) is 64.7 Å². The molecule has 1 saturated carbocycles. The number of nitrogens with one attached hydrogen (secondary N) is 3. The summed E-state index contributed by atoms with van der Waals surface area (Å²) in [6.07, 6.45) is 0.866. The third-order valence-electron chi connectivity index (χ3n) is 4.01. The third kappa shape index (κ3) is 4.24. The second-order valence-corrected chi connectivity index (χ2v) is 6.78. The molecule has 1 aliphatic rings. The summed E-state index contributed by atoms with van der Waals surface area (Å²) in [6.45, 7) is 2.05. The molecule has 1 aliphatic carbocycles. The van der Waals surface area contributed by atoms with Crippen molar-refractivity contribution in [1.82, 2.24) is 10.9 Å². The highest BCUT2D eigenvalue weighted by atomic mass is 35.5. The molecule has 2 atom stereocenters. The lowest BCUT2D eigenvalue weighted by molar-refractivity contribution is -0.122. The van der Waals surface area contributed by atoms with E-state index in [0.717, 1.165) is 12.1 Å². The maximum absolute atomic E-state index is 12.2. The van der Waals surface area contributed by atoms with Crippen molar-refractivity contribution >= 4 is 40.5 Å². The third-order valence-corrected chi connectivity index (χ3v) is 4.45. The van der Waals surface area contributed by atoms with Crippen LogP contribution in [0.15, 0.2) is 48.5 Å². The Balaban J connectivity index is 1.46. The van der Waals surface area contributed by atoms with Crippen molar-refractivity contribution in [3.63, 3.8) is 0 Å². The van der Waals surface area contributed by atoms with Crippen LogP contribution in [0.1, 0.15) is 23.5 Å². The Morgan fingerprint density at radius 3 is 2.62 bits per heavy atom. The Kier molecular flexibility index (Phi) is 5.02. The number of carbonyl (C=O) groups is 1. The summed E-state index contributed by atoms with van der Waals surface area (Å²) >= 11 is 11.1. The molecule has 0 saturated heterocycles. The van der Waals surface area contributed by atoms with Crippen LogP contribution in [0.2, 0.25) is 5.02 Å². The molecule has 0 aromatic heterocycles. The minimum absolute atomic E-state index is 0.00539. The lowest BCUT2D eigenvalue weighted by atomic mass is 10.1. The molecule has 0 spiro atoms. The van der Waals surface area contributed by atoms with E-state index in [4.69, 9.17) is 23.8 Å². The lowest BCUT2D eigenvalue weighted by Gasteiger charge is -2.11. The van der Waals surface area contributed by atoms with Gasteiger partial charge in [-0.25, -0.2) is 0 Å².